The monoisotopic (exact) mass is 732 g/mol. The van der Waals surface area contributed by atoms with Gasteiger partial charge in [-0.1, -0.05) is 48.5 Å². The lowest BCUT2D eigenvalue weighted by Gasteiger charge is -2.55. The van der Waals surface area contributed by atoms with Crippen LogP contribution >= 0.6 is 0 Å². The smallest absolute Gasteiger partial charge is 0.280 e. The Bertz CT molecular complexity index is 2030. The number of amides is 3. The average molecular weight is 733 g/mol. The molecule has 11 heteroatoms. The topological polar surface area (TPSA) is 144 Å². The van der Waals surface area contributed by atoms with Crippen molar-refractivity contribution in [3.63, 3.8) is 0 Å². The summed E-state index contributed by atoms with van der Waals surface area (Å²) < 4.78 is 6.23. The van der Waals surface area contributed by atoms with Gasteiger partial charge in [-0.2, -0.15) is 0 Å². The molecule has 6 atom stereocenters. The fourth-order valence-electron chi connectivity index (χ4n) is 12.3. The molecule has 284 valence electrons. The first-order valence-electron chi connectivity index (χ1n) is 20.1. The number of aromatic nitrogens is 1. The van der Waals surface area contributed by atoms with Crippen LogP contribution in [0.2, 0.25) is 0 Å². The molecule has 7 fully saturated rings. The molecule has 54 heavy (non-hydrogen) atoms. The van der Waals surface area contributed by atoms with Gasteiger partial charge in [0.25, 0.3) is 11.8 Å². The Morgan fingerprint density at radius 1 is 1.04 bits per heavy atom. The first-order valence-corrected chi connectivity index (χ1v) is 20.1. The van der Waals surface area contributed by atoms with Crippen molar-refractivity contribution in [3.8, 4) is 0 Å². The molecule has 5 heterocycles. The zero-order chi connectivity index (χ0) is 37.1. The number of hydrogen-bond acceptors (Lipinski definition) is 7. The van der Waals surface area contributed by atoms with E-state index in [-0.39, 0.29) is 24.3 Å². The van der Waals surface area contributed by atoms with E-state index in [0.717, 1.165) is 46.4 Å². The second-order valence-corrected chi connectivity index (χ2v) is 18.1. The number of carbonyl (C=O) groups is 3. The van der Waals surface area contributed by atoms with Crippen LogP contribution in [0.25, 0.3) is 16.5 Å². The summed E-state index contributed by atoms with van der Waals surface area (Å²) in [5, 5.41) is 16.1. The Kier molecular flexibility index (Phi) is 7.81. The lowest BCUT2D eigenvalue weighted by molar-refractivity contribution is -0.315. The fourth-order valence-corrected chi connectivity index (χ4v) is 12.3. The van der Waals surface area contributed by atoms with Gasteiger partial charge in [0.1, 0.15) is 12.1 Å². The van der Waals surface area contributed by atoms with E-state index in [2.05, 4.69) is 33.5 Å². The Morgan fingerprint density at radius 2 is 1.76 bits per heavy atom. The largest absolute Gasteiger partial charge is 0.361 e. The molecule has 0 unspecified atom stereocenters. The minimum atomic E-state index is -2.04. The maximum absolute atomic E-state index is 14.2. The molecule has 4 bridgehead atoms. The van der Waals surface area contributed by atoms with Crippen LogP contribution in [0, 0.1) is 23.7 Å². The molecule has 3 saturated heterocycles. The Labute approximate surface area is 316 Å². The van der Waals surface area contributed by atoms with Gasteiger partial charge in [0, 0.05) is 48.2 Å². The zero-order valence-electron chi connectivity index (χ0n) is 31.3. The summed E-state index contributed by atoms with van der Waals surface area (Å²) in [7, 11) is 2.02. The summed E-state index contributed by atoms with van der Waals surface area (Å²) >= 11 is 0. The molecule has 0 spiro atoms. The number of hydrogen-bond donors (Lipinski definition) is 4. The maximum Gasteiger partial charge on any atom is 0.280 e. The van der Waals surface area contributed by atoms with Crippen molar-refractivity contribution in [2.45, 2.75) is 106 Å². The first kappa shape index (κ1) is 34.5. The van der Waals surface area contributed by atoms with Crippen LogP contribution in [-0.2, 0) is 32.0 Å². The van der Waals surface area contributed by atoms with Gasteiger partial charge < -0.3 is 26.0 Å². The summed E-state index contributed by atoms with van der Waals surface area (Å²) in [6, 6.07) is 14.1. The number of likely N-dealkylation sites (N-methyl/N-ethyl adjacent to an activating group) is 1. The Hall–Kier alpha value is -4.03. The van der Waals surface area contributed by atoms with Gasteiger partial charge in [0.15, 0.2) is 0 Å². The molecule has 5 N–H and O–H groups in total. The standard InChI is InChI=1S/C33H35N5O5.C10H17N/c1-32(35-29(39)21-15-23-22-10-6-11-24-28(22)20(17-34-24)16-25(23)36(2)18-21)31(41)38-26(14-19-8-4-3-5-9-19)30(40)37-13-7-12-27(37)33(38,42)43-32;11-10-4-7-1-8(5-10)3-9(2-7)6-10/h3-6,8-11,15,17,21,25-27,34,42H,7,12-14,16,18H2,1-2H3,(H,35,39);7-9H,1-6,11H2/t21-,25-,26+,27+,32-,33+;/m1./s1. The van der Waals surface area contributed by atoms with Crippen molar-refractivity contribution in [1.29, 1.82) is 0 Å². The number of nitrogens with two attached hydrogens (primary N) is 1. The third-order valence-corrected chi connectivity index (χ3v) is 14.2. The highest BCUT2D eigenvalue weighted by molar-refractivity contribution is 6.01. The number of aliphatic hydroxyl groups is 1. The predicted molar refractivity (Wildman–Crippen MR) is 203 cm³/mol. The summed E-state index contributed by atoms with van der Waals surface area (Å²) in [6.07, 6.45) is 15.0. The fraction of sp³-hybridized carbons (Fsp3) is 0.558. The second kappa shape index (κ2) is 12.2. The average Bonchev–Trinajstić information content (AvgIpc) is 3.84. The van der Waals surface area contributed by atoms with E-state index in [0.29, 0.717) is 31.5 Å². The van der Waals surface area contributed by atoms with Gasteiger partial charge in [0.05, 0.1) is 5.92 Å². The van der Waals surface area contributed by atoms with Gasteiger partial charge in [-0.15, -0.1) is 0 Å². The zero-order valence-corrected chi connectivity index (χ0v) is 31.3. The van der Waals surface area contributed by atoms with Gasteiger partial charge in [-0.3, -0.25) is 28.9 Å². The van der Waals surface area contributed by atoms with Crippen molar-refractivity contribution < 1.29 is 24.2 Å². The van der Waals surface area contributed by atoms with Crippen LogP contribution in [0.1, 0.15) is 75.0 Å². The Balaban J connectivity index is 0.000000278. The number of rotatable bonds is 4. The van der Waals surface area contributed by atoms with Gasteiger partial charge in [-0.05, 0) is 118 Å². The third-order valence-electron chi connectivity index (χ3n) is 14.2. The summed E-state index contributed by atoms with van der Waals surface area (Å²) in [6.45, 7) is 2.45. The van der Waals surface area contributed by atoms with E-state index in [4.69, 9.17) is 10.5 Å². The molecule has 12 rings (SSSR count). The second-order valence-electron chi connectivity index (χ2n) is 18.1. The van der Waals surface area contributed by atoms with E-state index in [9.17, 15) is 19.5 Å². The molecule has 3 aromatic rings. The molecule has 3 amide bonds. The van der Waals surface area contributed by atoms with Crippen LogP contribution in [0.4, 0.5) is 0 Å². The summed E-state index contributed by atoms with van der Waals surface area (Å²) in [4.78, 5) is 50.2. The van der Waals surface area contributed by atoms with Crippen molar-refractivity contribution in [2.24, 2.45) is 29.4 Å². The van der Waals surface area contributed by atoms with E-state index >= 15 is 0 Å². The molecule has 5 aliphatic carbocycles. The van der Waals surface area contributed by atoms with Crippen molar-refractivity contribution in [2.75, 3.05) is 20.1 Å². The van der Waals surface area contributed by atoms with Crippen LogP contribution in [0.3, 0.4) is 0 Å². The number of piperazine rings is 1. The van der Waals surface area contributed by atoms with Gasteiger partial charge in [-0.25, -0.2) is 0 Å². The van der Waals surface area contributed by atoms with Gasteiger partial charge in [0.2, 0.25) is 17.5 Å². The molecule has 4 aliphatic heterocycles. The number of ether oxygens (including phenoxy) is 1. The van der Waals surface area contributed by atoms with Crippen LogP contribution in [-0.4, -0.2) is 97.9 Å². The molecule has 0 radical (unpaired) electrons. The normalized spacial score (nSPS) is 38.8. The number of nitrogens with one attached hydrogen (secondary N) is 2. The highest BCUT2D eigenvalue weighted by Crippen LogP contribution is 2.54. The molecule has 9 aliphatic rings. The van der Waals surface area contributed by atoms with Gasteiger partial charge >= 0.3 is 0 Å². The molecular formula is C43H52N6O5. The number of benzene rings is 2. The summed E-state index contributed by atoms with van der Waals surface area (Å²) in [5.41, 5.74) is 10.2. The molecular weight excluding hydrogens is 681 g/mol. The highest BCUT2D eigenvalue weighted by Gasteiger charge is 2.70. The summed E-state index contributed by atoms with van der Waals surface area (Å²) in [5.74, 6) is -0.707. The first-order chi connectivity index (χ1) is 25.9. The van der Waals surface area contributed by atoms with E-state index in [1.54, 1.807) is 4.90 Å². The van der Waals surface area contributed by atoms with Crippen LogP contribution in [0.5, 0.6) is 0 Å². The Morgan fingerprint density at radius 3 is 2.46 bits per heavy atom. The molecule has 11 nitrogen and oxygen atoms in total. The van der Waals surface area contributed by atoms with E-state index in [1.807, 2.05) is 49.5 Å². The van der Waals surface area contributed by atoms with E-state index < -0.39 is 35.5 Å². The highest BCUT2D eigenvalue weighted by atomic mass is 16.7. The number of aromatic amines is 1. The van der Waals surface area contributed by atoms with Crippen molar-refractivity contribution >= 4 is 34.2 Å². The predicted octanol–water partition coefficient (Wildman–Crippen LogP) is 3.90. The number of nitrogens with zero attached hydrogens (tertiary/aromatic N) is 3. The maximum atomic E-state index is 14.2. The SMILES string of the molecule is CN1C[C@H](C(=O)N[C@]2(C)O[C@@]3(O)[C@@H]4CCCN4C(=O)[C@H](Cc4ccccc4)N3C2=O)C=C2c3cccc4[nH]cc(c34)C[C@H]21.NC12CC3CC(CC(C3)C1)C2. The third kappa shape index (κ3) is 5.33. The lowest BCUT2D eigenvalue weighted by atomic mass is 9.53. The van der Waals surface area contributed by atoms with Crippen LogP contribution < -0.4 is 11.1 Å². The van der Waals surface area contributed by atoms with E-state index in [1.165, 1.54) is 61.3 Å². The minimum absolute atomic E-state index is 0.144. The lowest BCUT2D eigenvalue weighted by Crippen LogP contribution is -2.71. The number of carbonyl (C=O) groups excluding carboxylic acids is 3. The number of H-pyrrole nitrogens is 1. The molecule has 4 saturated carbocycles. The van der Waals surface area contributed by atoms with Crippen LogP contribution in [0.15, 0.2) is 60.8 Å². The van der Waals surface area contributed by atoms with Crippen molar-refractivity contribution in [3.05, 3.63) is 77.5 Å². The number of fused-ring (bicyclic) bond motifs is 5. The quantitative estimate of drug-likeness (QED) is 0.319. The van der Waals surface area contributed by atoms with Crippen molar-refractivity contribution in [1.82, 2.24) is 25.0 Å². The minimum Gasteiger partial charge on any atom is -0.361 e. The molecule has 2 aromatic carbocycles. The molecule has 1 aromatic heterocycles.